The molecule has 2 aliphatic heterocycles. The van der Waals surface area contributed by atoms with E-state index in [1.165, 1.54) is 70.9 Å². The van der Waals surface area contributed by atoms with E-state index in [0.717, 1.165) is 18.1 Å². The van der Waals surface area contributed by atoms with Crippen molar-refractivity contribution in [1.29, 1.82) is 0 Å². The number of piperidine rings is 1. The Kier molecular flexibility index (Phi) is 5.97. The van der Waals surface area contributed by atoms with E-state index in [9.17, 15) is 0 Å². The Morgan fingerprint density at radius 1 is 0.944 bits per heavy atom. The van der Waals surface area contributed by atoms with Gasteiger partial charge in [-0.25, -0.2) is 0 Å². The largest absolute Gasteiger partial charge is 0.311 e. The van der Waals surface area contributed by atoms with Crippen molar-refractivity contribution in [2.24, 2.45) is 0 Å². The van der Waals surface area contributed by atoms with Gasteiger partial charge in [-0.15, -0.1) is 0 Å². The molecule has 2 nitrogen and oxygen atoms in total. The molecule has 18 heavy (non-hydrogen) atoms. The molecule has 2 rings (SSSR count). The molecule has 106 valence electrons. The highest BCUT2D eigenvalue weighted by atomic mass is 15.2. The van der Waals surface area contributed by atoms with E-state index in [1.54, 1.807) is 0 Å². The Morgan fingerprint density at radius 2 is 1.61 bits per heavy atom. The van der Waals surface area contributed by atoms with Crippen LogP contribution in [0.3, 0.4) is 0 Å². The van der Waals surface area contributed by atoms with Crippen molar-refractivity contribution in [3.05, 3.63) is 0 Å². The minimum Gasteiger partial charge on any atom is -0.311 e. The standard InChI is InChI=1S/C16H32N2/c1-3-5-6-7-8-11-18(4-2)16-12-14-9-10-15(13-16)17-14/h14-17H,3-13H2,1-2H3. The van der Waals surface area contributed by atoms with E-state index in [0.29, 0.717) is 0 Å². The maximum Gasteiger partial charge on any atom is 0.0125 e. The summed E-state index contributed by atoms with van der Waals surface area (Å²) in [6.45, 7) is 7.22. The van der Waals surface area contributed by atoms with Crippen molar-refractivity contribution in [2.75, 3.05) is 13.1 Å². The third kappa shape index (κ3) is 3.96. The van der Waals surface area contributed by atoms with E-state index < -0.39 is 0 Å². The SMILES string of the molecule is CCCCCCCN(CC)C1CC2CCC(C1)N2. The van der Waals surface area contributed by atoms with Gasteiger partial charge in [-0.2, -0.15) is 0 Å². The minimum atomic E-state index is 0.836. The van der Waals surface area contributed by atoms with Crippen LogP contribution in [0.4, 0.5) is 0 Å². The van der Waals surface area contributed by atoms with Gasteiger partial charge in [0.25, 0.3) is 0 Å². The fourth-order valence-electron chi connectivity index (χ4n) is 3.84. The number of nitrogens with one attached hydrogen (secondary N) is 1. The summed E-state index contributed by atoms with van der Waals surface area (Å²) < 4.78 is 0. The summed E-state index contributed by atoms with van der Waals surface area (Å²) in [4.78, 5) is 2.76. The Morgan fingerprint density at radius 3 is 2.22 bits per heavy atom. The third-order valence-corrected chi connectivity index (χ3v) is 4.92. The van der Waals surface area contributed by atoms with Gasteiger partial charge in [-0.05, 0) is 45.2 Å². The summed E-state index contributed by atoms with van der Waals surface area (Å²) in [6, 6.07) is 2.55. The van der Waals surface area contributed by atoms with Crippen LogP contribution in [0.2, 0.25) is 0 Å². The number of fused-ring (bicyclic) bond motifs is 2. The van der Waals surface area contributed by atoms with Crippen LogP contribution in [0.15, 0.2) is 0 Å². The molecular formula is C16H32N2. The molecule has 0 aliphatic carbocycles. The van der Waals surface area contributed by atoms with Crippen LogP contribution in [0.25, 0.3) is 0 Å². The van der Waals surface area contributed by atoms with E-state index in [1.807, 2.05) is 0 Å². The minimum absolute atomic E-state index is 0.836. The van der Waals surface area contributed by atoms with Crippen molar-refractivity contribution >= 4 is 0 Å². The number of hydrogen-bond donors (Lipinski definition) is 1. The smallest absolute Gasteiger partial charge is 0.0125 e. The molecule has 2 unspecified atom stereocenters. The van der Waals surface area contributed by atoms with Crippen LogP contribution in [0.1, 0.15) is 71.6 Å². The highest BCUT2D eigenvalue weighted by Crippen LogP contribution is 2.29. The molecule has 2 fully saturated rings. The number of unbranched alkanes of at least 4 members (excludes halogenated alkanes) is 4. The first-order valence-corrected chi connectivity index (χ1v) is 8.33. The highest BCUT2D eigenvalue weighted by molar-refractivity contribution is 4.95. The lowest BCUT2D eigenvalue weighted by Gasteiger charge is -2.37. The quantitative estimate of drug-likeness (QED) is 0.665. The van der Waals surface area contributed by atoms with Crippen molar-refractivity contribution < 1.29 is 0 Å². The zero-order valence-electron chi connectivity index (χ0n) is 12.5. The molecule has 1 N–H and O–H groups in total. The van der Waals surface area contributed by atoms with Gasteiger partial charge in [0.1, 0.15) is 0 Å². The van der Waals surface area contributed by atoms with Crippen LogP contribution in [0.5, 0.6) is 0 Å². The second kappa shape index (κ2) is 7.49. The molecule has 0 aromatic carbocycles. The van der Waals surface area contributed by atoms with E-state index >= 15 is 0 Å². The van der Waals surface area contributed by atoms with Crippen LogP contribution in [-0.2, 0) is 0 Å². The topological polar surface area (TPSA) is 15.3 Å². The zero-order valence-corrected chi connectivity index (χ0v) is 12.5. The maximum absolute atomic E-state index is 3.76. The molecule has 2 bridgehead atoms. The van der Waals surface area contributed by atoms with Gasteiger partial charge in [0.2, 0.25) is 0 Å². The lowest BCUT2D eigenvalue weighted by Crippen LogP contribution is -2.48. The van der Waals surface area contributed by atoms with Gasteiger partial charge in [-0.3, -0.25) is 0 Å². The molecule has 2 heteroatoms. The average molecular weight is 252 g/mol. The van der Waals surface area contributed by atoms with Crippen LogP contribution in [-0.4, -0.2) is 36.1 Å². The summed E-state index contributed by atoms with van der Waals surface area (Å²) in [6.07, 6.45) is 12.7. The molecule has 0 amide bonds. The van der Waals surface area contributed by atoms with Gasteiger partial charge >= 0.3 is 0 Å². The summed E-state index contributed by atoms with van der Waals surface area (Å²) >= 11 is 0. The molecule has 0 radical (unpaired) electrons. The van der Waals surface area contributed by atoms with Gasteiger partial charge in [0.05, 0.1) is 0 Å². The monoisotopic (exact) mass is 252 g/mol. The Bertz CT molecular complexity index is 217. The summed E-state index contributed by atoms with van der Waals surface area (Å²) in [5.41, 5.74) is 0. The first-order chi connectivity index (χ1) is 8.83. The summed E-state index contributed by atoms with van der Waals surface area (Å²) in [5.74, 6) is 0. The Hall–Kier alpha value is -0.0800. The molecular weight excluding hydrogens is 220 g/mol. The van der Waals surface area contributed by atoms with Crippen LogP contribution < -0.4 is 5.32 Å². The van der Waals surface area contributed by atoms with Gasteiger partial charge in [-0.1, -0.05) is 39.5 Å². The van der Waals surface area contributed by atoms with Gasteiger partial charge in [0.15, 0.2) is 0 Å². The van der Waals surface area contributed by atoms with Crippen molar-refractivity contribution in [3.63, 3.8) is 0 Å². The number of hydrogen-bond acceptors (Lipinski definition) is 2. The van der Waals surface area contributed by atoms with Crippen molar-refractivity contribution in [1.82, 2.24) is 10.2 Å². The molecule has 2 atom stereocenters. The molecule has 2 heterocycles. The molecule has 0 spiro atoms. The number of rotatable bonds is 8. The fourth-order valence-corrected chi connectivity index (χ4v) is 3.84. The molecule has 0 aromatic heterocycles. The molecule has 2 saturated heterocycles. The van der Waals surface area contributed by atoms with Crippen molar-refractivity contribution in [3.8, 4) is 0 Å². The van der Waals surface area contributed by atoms with E-state index in [4.69, 9.17) is 0 Å². The second-order valence-corrected chi connectivity index (χ2v) is 6.31. The average Bonchev–Trinajstić information content (AvgIpc) is 2.73. The predicted octanol–water partition coefficient (Wildman–Crippen LogP) is 3.56. The Balaban J connectivity index is 1.68. The van der Waals surface area contributed by atoms with E-state index in [2.05, 4.69) is 24.1 Å². The highest BCUT2D eigenvalue weighted by Gasteiger charge is 2.35. The first kappa shape index (κ1) is 14.3. The summed E-state index contributed by atoms with van der Waals surface area (Å²) in [5, 5.41) is 3.76. The van der Waals surface area contributed by atoms with Crippen LogP contribution in [0, 0.1) is 0 Å². The lowest BCUT2D eigenvalue weighted by molar-refractivity contribution is 0.145. The zero-order chi connectivity index (χ0) is 12.8. The fraction of sp³-hybridized carbons (Fsp3) is 1.00. The normalized spacial score (nSPS) is 31.2. The summed E-state index contributed by atoms with van der Waals surface area (Å²) in [7, 11) is 0. The Labute approximate surface area is 114 Å². The second-order valence-electron chi connectivity index (χ2n) is 6.31. The maximum atomic E-state index is 3.76. The third-order valence-electron chi connectivity index (χ3n) is 4.92. The van der Waals surface area contributed by atoms with E-state index in [-0.39, 0.29) is 0 Å². The van der Waals surface area contributed by atoms with Crippen molar-refractivity contribution in [2.45, 2.75) is 89.8 Å². The predicted molar refractivity (Wildman–Crippen MR) is 79.0 cm³/mol. The van der Waals surface area contributed by atoms with Crippen LogP contribution >= 0.6 is 0 Å². The lowest BCUT2D eigenvalue weighted by atomic mass is 9.97. The first-order valence-electron chi connectivity index (χ1n) is 8.33. The van der Waals surface area contributed by atoms with Gasteiger partial charge in [0, 0.05) is 18.1 Å². The molecule has 0 saturated carbocycles. The molecule has 2 aliphatic rings. The number of nitrogens with zero attached hydrogens (tertiary/aromatic N) is 1. The molecule has 0 aromatic rings. The van der Waals surface area contributed by atoms with Gasteiger partial charge < -0.3 is 10.2 Å².